The third kappa shape index (κ3) is 10.5. The van der Waals surface area contributed by atoms with Crippen LogP contribution in [0.1, 0.15) is 79.6 Å². The highest BCUT2D eigenvalue weighted by molar-refractivity contribution is 7.57. The first-order chi connectivity index (χ1) is 18.6. The molecule has 2 aliphatic rings. The molecule has 0 aromatic carbocycles. The molecule has 0 saturated heterocycles. The standard InChI is InChI=1S/C28H49N3O6P2/c1-6-15-29(16-7-2)38(34,36-23-26-12-11-25(5)21-26)19-10-20-39(35,30(17-8-3)18-9-4)37-24-27-13-14-28(22-27)31(32)33/h11-14H,6-10,15-24H2,1-5H3. The molecule has 0 aliphatic heterocycles. The maximum atomic E-state index is 14.3. The van der Waals surface area contributed by atoms with E-state index in [2.05, 4.69) is 32.9 Å². The molecule has 0 saturated carbocycles. The Hall–Kier alpha value is -1.34. The van der Waals surface area contributed by atoms with Gasteiger partial charge < -0.3 is 9.05 Å². The lowest BCUT2D eigenvalue weighted by Gasteiger charge is -2.33. The van der Waals surface area contributed by atoms with Crippen molar-refractivity contribution >= 4 is 15.0 Å². The van der Waals surface area contributed by atoms with Crippen LogP contribution in [0.25, 0.3) is 0 Å². The Morgan fingerprint density at radius 3 is 1.56 bits per heavy atom. The summed E-state index contributed by atoms with van der Waals surface area (Å²) in [7, 11) is -6.43. The van der Waals surface area contributed by atoms with Crippen LogP contribution in [-0.2, 0) is 18.2 Å². The highest BCUT2D eigenvalue weighted by Crippen LogP contribution is 2.56. The molecule has 9 nitrogen and oxygen atoms in total. The predicted molar refractivity (Wildman–Crippen MR) is 160 cm³/mol. The van der Waals surface area contributed by atoms with Crippen LogP contribution < -0.4 is 0 Å². The van der Waals surface area contributed by atoms with Gasteiger partial charge >= 0.3 is 0 Å². The Balaban J connectivity index is 2.16. The molecule has 2 aliphatic carbocycles. The van der Waals surface area contributed by atoms with E-state index in [4.69, 9.17) is 9.05 Å². The van der Waals surface area contributed by atoms with E-state index in [1.807, 2.05) is 23.2 Å². The van der Waals surface area contributed by atoms with E-state index < -0.39 is 20.0 Å². The largest absolute Gasteiger partial charge is 0.313 e. The van der Waals surface area contributed by atoms with Gasteiger partial charge in [-0.25, -0.2) is 9.34 Å². The highest BCUT2D eigenvalue weighted by Gasteiger charge is 2.36. The molecule has 0 bridgehead atoms. The zero-order chi connectivity index (χ0) is 28.9. The van der Waals surface area contributed by atoms with Crippen molar-refractivity contribution in [2.75, 3.05) is 51.7 Å². The van der Waals surface area contributed by atoms with Crippen LogP contribution in [0.4, 0.5) is 0 Å². The molecule has 222 valence electrons. The van der Waals surface area contributed by atoms with Gasteiger partial charge in [0.1, 0.15) is 0 Å². The second-order valence-corrected chi connectivity index (χ2v) is 15.6. The Morgan fingerprint density at radius 2 is 1.21 bits per heavy atom. The maximum absolute atomic E-state index is 14.3. The number of hydrogen-bond donors (Lipinski definition) is 0. The Morgan fingerprint density at radius 1 is 0.769 bits per heavy atom. The second kappa shape index (κ2) is 16.8. The lowest BCUT2D eigenvalue weighted by molar-refractivity contribution is -0.426. The van der Waals surface area contributed by atoms with Crippen molar-refractivity contribution in [3.63, 3.8) is 0 Å². The van der Waals surface area contributed by atoms with Crippen molar-refractivity contribution < 1.29 is 23.1 Å². The van der Waals surface area contributed by atoms with Gasteiger partial charge in [0.25, 0.3) is 15.0 Å². The lowest BCUT2D eigenvalue weighted by Crippen LogP contribution is -2.28. The molecule has 39 heavy (non-hydrogen) atoms. The van der Waals surface area contributed by atoms with Gasteiger partial charge in [-0.2, -0.15) is 0 Å². The van der Waals surface area contributed by atoms with E-state index >= 15 is 0 Å². The van der Waals surface area contributed by atoms with Crippen molar-refractivity contribution in [1.82, 2.24) is 9.34 Å². The summed E-state index contributed by atoms with van der Waals surface area (Å²) in [4.78, 5) is 10.7. The Labute approximate surface area is 235 Å². The number of hydrogen-bond acceptors (Lipinski definition) is 6. The van der Waals surface area contributed by atoms with E-state index in [0.717, 1.165) is 43.3 Å². The predicted octanol–water partition coefficient (Wildman–Crippen LogP) is 7.81. The number of rotatable bonds is 21. The van der Waals surface area contributed by atoms with Crippen LogP contribution in [-0.4, -0.2) is 66.0 Å². The monoisotopic (exact) mass is 585 g/mol. The number of nitrogens with zero attached hydrogens (tertiary/aromatic N) is 3. The first-order valence-corrected chi connectivity index (χ1v) is 18.0. The van der Waals surface area contributed by atoms with Crippen molar-refractivity contribution in [2.45, 2.75) is 79.6 Å². The average Bonchev–Trinajstić information content (AvgIpc) is 3.55. The van der Waals surface area contributed by atoms with Gasteiger partial charge in [-0.1, -0.05) is 51.5 Å². The number of nitro groups is 1. The third-order valence-electron chi connectivity index (χ3n) is 6.84. The highest BCUT2D eigenvalue weighted by atomic mass is 31.2. The first-order valence-electron chi connectivity index (χ1n) is 14.5. The molecule has 0 aromatic rings. The summed E-state index contributed by atoms with van der Waals surface area (Å²) < 4.78 is 45.0. The third-order valence-corrected chi connectivity index (χ3v) is 12.2. The molecule has 2 rings (SSSR count). The van der Waals surface area contributed by atoms with Crippen molar-refractivity contribution in [1.29, 1.82) is 0 Å². The summed E-state index contributed by atoms with van der Waals surface area (Å²) in [6, 6.07) is 0. The quantitative estimate of drug-likeness (QED) is 0.0764. The molecule has 0 amide bonds. The molecule has 0 radical (unpaired) electrons. The van der Waals surface area contributed by atoms with E-state index in [-0.39, 0.29) is 24.9 Å². The fourth-order valence-corrected chi connectivity index (χ4v) is 10.2. The smallest absolute Gasteiger partial charge is 0.272 e. The van der Waals surface area contributed by atoms with Crippen LogP contribution in [0.5, 0.6) is 0 Å². The summed E-state index contributed by atoms with van der Waals surface area (Å²) in [5.41, 5.74) is 3.26. The summed E-state index contributed by atoms with van der Waals surface area (Å²) in [6.45, 7) is 13.4. The summed E-state index contributed by atoms with van der Waals surface area (Å²) in [5.74, 6) is 0. The SMILES string of the molecule is CCCN(CCC)P(=O)(CCCP(=O)(OCC1=CC=C([N+](=O)[O-])C1)N(CCC)CCC)OCC1=CC=C(C)C1. The van der Waals surface area contributed by atoms with E-state index in [1.54, 1.807) is 6.08 Å². The van der Waals surface area contributed by atoms with Crippen LogP contribution in [0.15, 0.2) is 46.7 Å². The van der Waals surface area contributed by atoms with Crippen molar-refractivity contribution in [3.05, 3.63) is 56.8 Å². The molecule has 2 atom stereocenters. The molecular weight excluding hydrogens is 536 g/mol. The van der Waals surface area contributed by atoms with Gasteiger partial charge in [-0.15, -0.1) is 0 Å². The lowest BCUT2D eigenvalue weighted by atomic mass is 10.2. The van der Waals surface area contributed by atoms with Crippen molar-refractivity contribution in [3.8, 4) is 0 Å². The molecule has 0 fully saturated rings. The Bertz CT molecular complexity index is 1020. The zero-order valence-electron chi connectivity index (χ0n) is 24.6. The summed E-state index contributed by atoms with van der Waals surface area (Å²) >= 11 is 0. The normalized spacial score (nSPS) is 18.5. The van der Waals surface area contributed by atoms with E-state index in [0.29, 0.717) is 45.4 Å². The van der Waals surface area contributed by atoms with Crippen LogP contribution in [0.3, 0.4) is 0 Å². The van der Waals surface area contributed by atoms with Gasteiger partial charge in [0, 0.05) is 44.6 Å². The zero-order valence-corrected chi connectivity index (χ0v) is 26.4. The minimum absolute atomic E-state index is 0.0848. The van der Waals surface area contributed by atoms with Gasteiger partial charge in [-0.3, -0.25) is 19.2 Å². The summed E-state index contributed by atoms with van der Waals surface area (Å²) in [5, 5.41) is 11.1. The van der Waals surface area contributed by atoms with Gasteiger partial charge in [0.05, 0.1) is 24.6 Å². The van der Waals surface area contributed by atoms with Gasteiger partial charge in [0.2, 0.25) is 5.70 Å². The van der Waals surface area contributed by atoms with Gasteiger partial charge in [-0.05, 0) is 56.6 Å². The van der Waals surface area contributed by atoms with Crippen LogP contribution in [0, 0.1) is 10.1 Å². The fourth-order valence-electron chi connectivity index (χ4n) is 4.90. The minimum Gasteiger partial charge on any atom is -0.313 e. The molecule has 0 aromatic heterocycles. The summed E-state index contributed by atoms with van der Waals surface area (Å²) in [6.07, 6.45) is 12.8. The number of allylic oxidation sites excluding steroid dienone is 6. The van der Waals surface area contributed by atoms with Gasteiger partial charge in [0.15, 0.2) is 0 Å². The van der Waals surface area contributed by atoms with Crippen LogP contribution >= 0.6 is 15.0 Å². The molecule has 0 heterocycles. The second-order valence-electron chi connectivity index (χ2n) is 10.5. The minimum atomic E-state index is -3.27. The fraction of sp³-hybridized carbons (Fsp3) is 0.714. The molecule has 0 N–H and O–H groups in total. The maximum Gasteiger partial charge on any atom is 0.272 e. The molecule has 2 unspecified atom stereocenters. The Kier molecular flexibility index (Phi) is 14.6. The van der Waals surface area contributed by atoms with Crippen LogP contribution in [0.2, 0.25) is 0 Å². The van der Waals surface area contributed by atoms with E-state index in [9.17, 15) is 19.2 Å². The molecule has 11 heteroatoms. The molecule has 0 spiro atoms. The first kappa shape index (κ1) is 33.9. The van der Waals surface area contributed by atoms with E-state index in [1.165, 1.54) is 11.6 Å². The average molecular weight is 586 g/mol. The van der Waals surface area contributed by atoms with Crippen molar-refractivity contribution in [2.24, 2.45) is 0 Å². The molecular formula is C28H49N3O6P2. The topological polar surface area (TPSA) is 102 Å².